The van der Waals surface area contributed by atoms with Crippen molar-refractivity contribution in [3.63, 3.8) is 0 Å². The molecule has 2 aromatic rings. The molecule has 1 aromatic heterocycles. The van der Waals surface area contributed by atoms with Crippen molar-refractivity contribution in [2.45, 2.75) is 32.7 Å². The molecule has 6 nitrogen and oxygen atoms in total. The van der Waals surface area contributed by atoms with E-state index in [-0.39, 0.29) is 5.92 Å². The number of aromatic nitrogens is 1. The van der Waals surface area contributed by atoms with Gasteiger partial charge in [-0.1, -0.05) is 6.07 Å². The second-order valence-electron chi connectivity index (χ2n) is 7.36. The molecule has 25 heavy (non-hydrogen) atoms. The molecule has 2 atom stereocenters. The Labute approximate surface area is 148 Å². The molecule has 0 radical (unpaired) electrons. The van der Waals surface area contributed by atoms with Gasteiger partial charge < -0.3 is 19.5 Å². The Balaban J connectivity index is 1.39. The zero-order chi connectivity index (χ0) is 17.4. The number of oxazole rings is 1. The van der Waals surface area contributed by atoms with Crippen LogP contribution in [0.4, 0.5) is 6.01 Å². The highest BCUT2D eigenvalue weighted by Gasteiger charge is 2.31. The summed E-state index contributed by atoms with van der Waals surface area (Å²) in [5, 5.41) is 3.42. The molecule has 1 amide bonds. The molecule has 2 fully saturated rings. The largest absolute Gasteiger partial charge is 0.423 e. The first kappa shape index (κ1) is 16.4. The molecule has 134 valence electrons. The minimum atomic E-state index is 0.176. The lowest BCUT2D eigenvalue weighted by Crippen LogP contribution is -2.52. The van der Waals surface area contributed by atoms with Gasteiger partial charge in [-0.3, -0.25) is 4.79 Å². The summed E-state index contributed by atoms with van der Waals surface area (Å²) in [6.45, 7) is 8.20. The van der Waals surface area contributed by atoms with E-state index in [9.17, 15) is 4.79 Å². The molecule has 1 N–H and O–H groups in total. The number of benzene rings is 1. The summed E-state index contributed by atoms with van der Waals surface area (Å²) >= 11 is 0. The fourth-order valence-electron chi connectivity index (χ4n) is 3.89. The summed E-state index contributed by atoms with van der Waals surface area (Å²) in [5.41, 5.74) is 2.90. The van der Waals surface area contributed by atoms with Crippen LogP contribution in [0.3, 0.4) is 0 Å². The predicted octanol–water partition coefficient (Wildman–Crippen LogP) is 2.17. The van der Waals surface area contributed by atoms with Crippen molar-refractivity contribution in [3.8, 4) is 0 Å². The van der Waals surface area contributed by atoms with Crippen LogP contribution in [0.5, 0.6) is 0 Å². The van der Waals surface area contributed by atoms with Gasteiger partial charge in [0.25, 0.3) is 6.01 Å². The first-order valence-electron chi connectivity index (χ1n) is 9.24. The molecular weight excluding hydrogens is 316 g/mol. The topological polar surface area (TPSA) is 61.6 Å². The summed E-state index contributed by atoms with van der Waals surface area (Å²) in [6.07, 6.45) is 1.90. The number of rotatable bonds is 2. The SMILES string of the molecule is Cc1ccc2oc(N3CCN(C(=O)[C@H]4CCN[C@@H](C)C4)CC3)nc2c1. The quantitative estimate of drug-likeness (QED) is 0.906. The van der Waals surface area contributed by atoms with Gasteiger partial charge >= 0.3 is 0 Å². The van der Waals surface area contributed by atoms with E-state index in [1.807, 2.05) is 23.1 Å². The highest BCUT2D eigenvalue weighted by Crippen LogP contribution is 2.25. The minimum absolute atomic E-state index is 0.176. The highest BCUT2D eigenvalue weighted by atomic mass is 16.4. The average molecular weight is 342 g/mol. The van der Waals surface area contributed by atoms with Crippen molar-refractivity contribution in [1.29, 1.82) is 0 Å². The van der Waals surface area contributed by atoms with Gasteiger partial charge in [0.05, 0.1) is 0 Å². The fraction of sp³-hybridized carbons (Fsp3) is 0.579. The maximum absolute atomic E-state index is 12.8. The molecule has 6 heteroatoms. The van der Waals surface area contributed by atoms with Crippen LogP contribution >= 0.6 is 0 Å². The number of aryl methyl sites for hydroxylation is 1. The highest BCUT2D eigenvalue weighted by molar-refractivity contribution is 5.79. The standard InChI is InChI=1S/C19H26N4O2/c1-13-3-4-17-16(11-13)21-19(25-17)23-9-7-22(8-10-23)18(24)15-5-6-20-14(2)12-15/h3-4,11,14-15,20H,5-10,12H2,1-2H3/t14-,15-/m0/s1. The Morgan fingerprint density at radius 2 is 2.08 bits per heavy atom. The molecule has 3 heterocycles. The normalized spacial score (nSPS) is 24.7. The monoisotopic (exact) mass is 342 g/mol. The van der Waals surface area contributed by atoms with Gasteiger partial charge in [-0.25, -0.2) is 0 Å². The zero-order valence-electron chi connectivity index (χ0n) is 15.0. The van der Waals surface area contributed by atoms with Crippen molar-refractivity contribution < 1.29 is 9.21 Å². The first-order valence-corrected chi connectivity index (χ1v) is 9.24. The zero-order valence-corrected chi connectivity index (χ0v) is 15.0. The summed E-state index contributed by atoms with van der Waals surface area (Å²) in [6, 6.07) is 7.16. The maximum atomic E-state index is 12.8. The minimum Gasteiger partial charge on any atom is -0.423 e. The third-order valence-electron chi connectivity index (χ3n) is 5.37. The predicted molar refractivity (Wildman–Crippen MR) is 97.7 cm³/mol. The van der Waals surface area contributed by atoms with Crippen LogP contribution in [-0.4, -0.2) is 54.6 Å². The number of carbonyl (C=O) groups excluding carboxylic acids is 1. The smallest absolute Gasteiger partial charge is 0.298 e. The van der Waals surface area contributed by atoms with Crippen LogP contribution in [0, 0.1) is 12.8 Å². The van der Waals surface area contributed by atoms with E-state index in [1.165, 1.54) is 5.56 Å². The summed E-state index contributed by atoms with van der Waals surface area (Å²) in [5.74, 6) is 0.497. The molecule has 0 bridgehead atoms. The fourth-order valence-corrected chi connectivity index (χ4v) is 3.89. The molecular formula is C19H26N4O2. The molecule has 0 saturated carbocycles. The lowest BCUT2D eigenvalue weighted by atomic mass is 9.92. The van der Waals surface area contributed by atoms with Crippen molar-refractivity contribution in [2.75, 3.05) is 37.6 Å². The first-order chi connectivity index (χ1) is 12.1. The number of piperidine rings is 1. The number of anilines is 1. The van der Waals surface area contributed by atoms with Gasteiger partial charge in [0.15, 0.2) is 5.58 Å². The number of nitrogens with zero attached hydrogens (tertiary/aromatic N) is 3. The maximum Gasteiger partial charge on any atom is 0.298 e. The Kier molecular flexibility index (Phi) is 4.37. The molecule has 1 aromatic carbocycles. The van der Waals surface area contributed by atoms with Crippen molar-refractivity contribution in [2.24, 2.45) is 5.92 Å². The van der Waals surface area contributed by atoms with Crippen molar-refractivity contribution in [1.82, 2.24) is 15.2 Å². The molecule has 2 aliphatic rings. The summed E-state index contributed by atoms with van der Waals surface area (Å²) in [7, 11) is 0. The van der Waals surface area contributed by atoms with E-state index < -0.39 is 0 Å². The Morgan fingerprint density at radius 3 is 2.84 bits per heavy atom. The van der Waals surface area contributed by atoms with E-state index in [4.69, 9.17) is 4.42 Å². The number of carbonyl (C=O) groups is 1. The number of hydrogen-bond donors (Lipinski definition) is 1. The second kappa shape index (κ2) is 6.67. The Bertz CT molecular complexity index is 764. The summed E-state index contributed by atoms with van der Waals surface area (Å²) < 4.78 is 5.89. The van der Waals surface area contributed by atoms with Gasteiger partial charge in [0.1, 0.15) is 5.52 Å². The molecule has 2 aliphatic heterocycles. The van der Waals surface area contributed by atoms with E-state index in [0.29, 0.717) is 18.0 Å². The number of hydrogen-bond acceptors (Lipinski definition) is 5. The molecule has 0 unspecified atom stereocenters. The van der Waals surface area contributed by atoms with Gasteiger partial charge in [0, 0.05) is 38.1 Å². The third-order valence-corrected chi connectivity index (χ3v) is 5.37. The molecule has 0 aliphatic carbocycles. The lowest BCUT2D eigenvalue weighted by Gasteiger charge is -2.37. The van der Waals surface area contributed by atoms with E-state index in [2.05, 4.69) is 29.0 Å². The van der Waals surface area contributed by atoms with E-state index in [0.717, 1.165) is 56.7 Å². The van der Waals surface area contributed by atoms with Gasteiger partial charge in [-0.2, -0.15) is 4.98 Å². The van der Waals surface area contributed by atoms with Gasteiger partial charge in [0.2, 0.25) is 5.91 Å². The van der Waals surface area contributed by atoms with Crippen LogP contribution in [-0.2, 0) is 4.79 Å². The van der Waals surface area contributed by atoms with Crippen molar-refractivity contribution >= 4 is 23.0 Å². The molecule has 0 spiro atoms. The van der Waals surface area contributed by atoms with Crippen LogP contribution in [0.25, 0.3) is 11.1 Å². The summed E-state index contributed by atoms with van der Waals surface area (Å²) in [4.78, 5) is 21.5. The van der Waals surface area contributed by atoms with Crippen molar-refractivity contribution in [3.05, 3.63) is 23.8 Å². The third kappa shape index (κ3) is 3.35. The second-order valence-corrected chi connectivity index (χ2v) is 7.36. The number of amides is 1. The number of piperazine rings is 1. The molecule has 4 rings (SSSR count). The van der Waals surface area contributed by atoms with E-state index in [1.54, 1.807) is 0 Å². The van der Waals surface area contributed by atoms with Crippen LogP contribution in [0.1, 0.15) is 25.3 Å². The van der Waals surface area contributed by atoms with Crippen LogP contribution < -0.4 is 10.2 Å². The van der Waals surface area contributed by atoms with E-state index >= 15 is 0 Å². The Morgan fingerprint density at radius 1 is 1.28 bits per heavy atom. The van der Waals surface area contributed by atoms with Gasteiger partial charge in [-0.15, -0.1) is 0 Å². The number of fused-ring (bicyclic) bond motifs is 1. The Hall–Kier alpha value is -2.08. The van der Waals surface area contributed by atoms with Crippen LogP contribution in [0.15, 0.2) is 22.6 Å². The number of nitrogens with one attached hydrogen (secondary N) is 1. The van der Waals surface area contributed by atoms with Gasteiger partial charge in [-0.05, 0) is 50.9 Å². The van der Waals surface area contributed by atoms with Crippen LogP contribution in [0.2, 0.25) is 0 Å². The lowest BCUT2D eigenvalue weighted by molar-refractivity contribution is -0.137. The molecule has 2 saturated heterocycles. The average Bonchev–Trinajstić information content (AvgIpc) is 3.04.